The second kappa shape index (κ2) is 4.78. The highest BCUT2D eigenvalue weighted by atomic mass is 16.5. The largest absolute Gasteiger partial charge is 0.372 e. The first-order valence-corrected chi connectivity index (χ1v) is 5.37. The number of hydrogen-bond donors (Lipinski definition) is 0. The Bertz CT molecular complexity index is 205. The molecule has 0 saturated carbocycles. The van der Waals surface area contributed by atoms with Gasteiger partial charge in [0.25, 0.3) is 5.91 Å². The quantitative estimate of drug-likeness (QED) is 0.675. The molecule has 0 aromatic rings. The number of ether oxygens (including phenoxy) is 1. The zero-order valence-corrected chi connectivity index (χ0v) is 9.62. The van der Waals surface area contributed by atoms with Crippen LogP contribution in [0.4, 0.5) is 0 Å². The number of likely N-dealkylation sites (tertiary alicyclic amines) is 1. The van der Waals surface area contributed by atoms with Crippen molar-refractivity contribution in [3.8, 4) is 0 Å². The van der Waals surface area contributed by atoms with E-state index < -0.39 is 0 Å². The summed E-state index contributed by atoms with van der Waals surface area (Å²) in [4.78, 5) is 13.7. The molecule has 1 rings (SSSR count). The summed E-state index contributed by atoms with van der Waals surface area (Å²) in [5, 5.41) is 0. The van der Waals surface area contributed by atoms with E-state index in [-0.39, 0.29) is 12.0 Å². The van der Waals surface area contributed by atoms with E-state index in [0.29, 0.717) is 5.92 Å². The van der Waals surface area contributed by atoms with Gasteiger partial charge in [-0.05, 0) is 25.2 Å². The van der Waals surface area contributed by atoms with Crippen LogP contribution in [-0.4, -0.2) is 37.1 Å². The average molecular weight is 199 g/mol. The maximum absolute atomic E-state index is 11.8. The second-order valence-corrected chi connectivity index (χ2v) is 4.41. The number of nitrogens with zero attached hydrogens (tertiary/aromatic N) is 1. The highest BCUT2D eigenvalue weighted by molar-refractivity contribution is 5.80. The minimum atomic E-state index is -0.296. The Morgan fingerprint density at radius 3 is 2.57 bits per heavy atom. The van der Waals surface area contributed by atoms with Crippen LogP contribution in [0.15, 0.2) is 0 Å². The van der Waals surface area contributed by atoms with Gasteiger partial charge in [-0.1, -0.05) is 13.8 Å². The molecule has 3 heteroatoms. The van der Waals surface area contributed by atoms with Crippen molar-refractivity contribution in [2.24, 2.45) is 11.8 Å². The normalized spacial score (nSPS) is 30.1. The number of carbonyl (C=O) groups excluding carboxylic acids is 1. The van der Waals surface area contributed by atoms with Crippen molar-refractivity contribution in [2.75, 3.05) is 20.2 Å². The molecule has 0 aromatic carbocycles. The van der Waals surface area contributed by atoms with E-state index in [0.717, 1.165) is 25.4 Å². The van der Waals surface area contributed by atoms with Gasteiger partial charge in [-0.15, -0.1) is 0 Å². The molecule has 0 spiro atoms. The molecule has 1 heterocycles. The first-order chi connectivity index (χ1) is 6.56. The van der Waals surface area contributed by atoms with Crippen molar-refractivity contribution in [2.45, 2.75) is 33.3 Å². The molecule has 82 valence electrons. The van der Waals surface area contributed by atoms with E-state index in [1.54, 1.807) is 7.11 Å². The standard InChI is InChI=1S/C11H21NO2/c1-8-5-6-12(7-9(8)2)11(13)10(3)14-4/h8-10H,5-7H2,1-4H3. The van der Waals surface area contributed by atoms with Crippen LogP contribution in [0.3, 0.4) is 0 Å². The Kier molecular flexibility index (Phi) is 3.93. The van der Waals surface area contributed by atoms with Crippen LogP contribution in [0.5, 0.6) is 0 Å². The number of methoxy groups -OCH3 is 1. The maximum Gasteiger partial charge on any atom is 0.251 e. The molecular formula is C11H21NO2. The van der Waals surface area contributed by atoms with Crippen molar-refractivity contribution in [1.82, 2.24) is 4.90 Å². The van der Waals surface area contributed by atoms with Gasteiger partial charge in [-0.3, -0.25) is 4.79 Å². The molecule has 0 aliphatic carbocycles. The maximum atomic E-state index is 11.8. The number of amides is 1. The third-order valence-corrected chi connectivity index (χ3v) is 3.35. The zero-order chi connectivity index (χ0) is 10.7. The van der Waals surface area contributed by atoms with E-state index in [9.17, 15) is 4.79 Å². The van der Waals surface area contributed by atoms with Crippen LogP contribution < -0.4 is 0 Å². The van der Waals surface area contributed by atoms with E-state index >= 15 is 0 Å². The smallest absolute Gasteiger partial charge is 0.251 e. The summed E-state index contributed by atoms with van der Waals surface area (Å²) in [5.74, 6) is 1.47. The lowest BCUT2D eigenvalue weighted by Crippen LogP contribution is -2.46. The average Bonchev–Trinajstić information content (AvgIpc) is 2.20. The lowest BCUT2D eigenvalue weighted by Gasteiger charge is -2.36. The molecule has 3 atom stereocenters. The molecule has 14 heavy (non-hydrogen) atoms. The molecule has 1 aliphatic rings. The topological polar surface area (TPSA) is 29.5 Å². The van der Waals surface area contributed by atoms with E-state index in [2.05, 4.69) is 13.8 Å². The molecule has 3 nitrogen and oxygen atoms in total. The fraction of sp³-hybridized carbons (Fsp3) is 0.909. The third-order valence-electron chi connectivity index (χ3n) is 3.35. The van der Waals surface area contributed by atoms with E-state index in [4.69, 9.17) is 4.74 Å². The summed E-state index contributed by atoms with van der Waals surface area (Å²) < 4.78 is 5.04. The van der Waals surface area contributed by atoms with Gasteiger partial charge >= 0.3 is 0 Å². The fourth-order valence-corrected chi connectivity index (χ4v) is 1.82. The van der Waals surface area contributed by atoms with Crippen molar-refractivity contribution in [3.05, 3.63) is 0 Å². The molecule has 1 saturated heterocycles. The van der Waals surface area contributed by atoms with Gasteiger partial charge in [-0.25, -0.2) is 0 Å². The van der Waals surface area contributed by atoms with Crippen LogP contribution in [0.1, 0.15) is 27.2 Å². The van der Waals surface area contributed by atoms with Gasteiger partial charge in [0.2, 0.25) is 0 Å². The Morgan fingerprint density at radius 2 is 2.07 bits per heavy atom. The molecule has 1 aliphatic heterocycles. The minimum Gasteiger partial charge on any atom is -0.372 e. The Balaban J connectivity index is 2.50. The first-order valence-electron chi connectivity index (χ1n) is 5.37. The number of piperidine rings is 1. The van der Waals surface area contributed by atoms with Crippen LogP contribution in [0, 0.1) is 11.8 Å². The summed E-state index contributed by atoms with van der Waals surface area (Å²) >= 11 is 0. The summed E-state index contributed by atoms with van der Waals surface area (Å²) in [6.45, 7) is 8.05. The molecule has 1 fully saturated rings. The van der Waals surface area contributed by atoms with Gasteiger partial charge in [0.15, 0.2) is 0 Å². The van der Waals surface area contributed by atoms with Crippen molar-refractivity contribution >= 4 is 5.91 Å². The Morgan fingerprint density at radius 1 is 1.43 bits per heavy atom. The van der Waals surface area contributed by atoms with Gasteiger partial charge in [0.05, 0.1) is 0 Å². The van der Waals surface area contributed by atoms with Crippen molar-refractivity contribution in [1.29, 1.82) is 0 Å². The highest BCUT2D eigenvalue weighted by Crippen LogP contribution is 2.22. The van der Waals surface area contributed by atoms with Crippen LogP contribution in [0.25, 0.3) is 0 Å². The summed E-state index contributed by atoms with van der Waals surface area (Å²) in [5.41, 5.74) is 0. The van der Waals surface area contributed by atoms with E-state index in [1.165, 1.54) is 0 Å². The van der Waals surface area contributed by atoms with E-state index in [1.807, 2.05) is 11.8 Å². The lowest BCUT2D eigenvalue weighted by molar-refractivity contribution is -0.143. The first kappa shape index (κ1) is 11.5. The van der Waals surface area contributed by atoms with Gasteiger partial charge in [0.1, 0.15) is 6.10 Å². The molecule has 0 N–H and O–H groups in total. The predicted octanol–water partition coefficient (Wildman–Crippen LogP) is 1.53. The summed E-state index contributed by atoms with van der Waals surface area (Å²) in [6.07, 6.45) is 0.819. The third kappa shape index (κ3) is 2.47. The van der Waals surface area contributed by atoms with Gasteiger partial charge in [0, 0.05) is 20.2 Å². The van der Waals surface area contributed by atoms with Gasteiger partial charge in [-0.2, -0.15) is 0 Å². The number of rotatable bonds is 2. The molecule has 0 bridgehead atoms. The van der Waals surface area contributed by atoms with Crippen molar-refractivity contribution in [3.63, 3.8) is 0 Å². The minimum absolute atomic E-state index is 0.131. The Labute approximate surface area is 86.4 Å². The SMILES string of the molecule is COC(C)C(=O)N1CCC(C)C(C)C1. The number of carbonyl (C=O) groups is 1. The second-order valence-electron chi connectivity index (χ2n) is 4.41. The van der Waals surface area contributed by atoms with Crippen molar-refractivity contribution < 1.29 is 9.53 Å². The monoisotopic (exact) mass is 199 g/mol. The molecule has 1 amide bonds. The van der Waals surface area contributed by atoms with Gasteiger partial charge < -0.3 is 9.64 Å². The van der Waals surface area contributed by atoms with Crippen LogP contribution in [-0.2, 0) is 9.53 Å². The van der Waals surface area contributed by atoms with Crippen LogP contribution in [0.2, 0.25) is 0 Å². The summed E-state index contributed by atoms with van der Waals surface area (Å²) in [7, 11) is 1.58. The lowest BCUT2D eigenvalue weighted by atomic mass is 9.88. The summed E-state index contributed by atoms with van der Waals surface area (Å²) in [6, 6.07) is 0. The molecular weight excluding hydrogens is 178 g/mol. The molecule has 0 radical (unpaired) electrons. The predicted molar refractivity (Wildman–Crippen MR) is 56.0 cm³/mol. The highest BCUT2D eigenvalue weighted by Gasteiger charge is 2.28. The van der Waals surface area contributed by atoms with Crippen LogP contribution >= 0.6 is 0 Å². The Hall–Kier alpha value is -0.570. The molecule has 0 aromatic heterocycles. The fourth-order valence-electron chi connectivity index (χ4n) is 1.82. The number of hydrogen-bond acceptors (Lipinski definition) is 2. The zero-order valence-electron chi connectivity index (χ0n) is 9.62. The molecule has 3 unspecified atom stereocenters.